The van der Waals surface area contributed by atoms with Crippen LogP contribution in [-0.2, 0) is 20.9 Å². The Morgan fingerprint density at radius 2 is 2.17 bits per heavy atom. The van der Waals surface area contributed by atoms with Gasteiger partial charge in [-0.25, -0.2) is 0 Å². The molecule has 0 aromatic heterocycles. The molecule has 0 spiro atoms. The Kier molecular flexibility index (Phi) is 4.59. The number of ketones is 1. The molecule has 0 saturated carbocycles. The van der Waals surface area contributed by atoms with Crippen molar-refractivity contribution in [1.82, 2.24) is 0 Å². The van der Waals surface area contributed by atoms with Gasteiger partial charge in [-0.2, -0.15) is 5.26 Å². The van der Waals surface area contributed by atoms with E-state index in [9.17, 15) is 9.59 Å². The van der Waals surface area contributed by atoms with E-state index in [0.717, 1.165) is 11.0 Å². The van der Waals surface area contributed by atoms with Crippen molar-refractivity contribution in [2.45, 2.75) is 6.61 Å². The van der Waals surface area contributed by atoms with E-state index in [1.165, 1.54) is 6.07 Å². The van der Waals surface area contributed by atoms with E-state index in [1.807, 2.05) is 18.2 Å². The molecule has 0 bridgehead atoms. The molecule has 2 aromatic rings. The van der Waals surface area contributed by atoms with Crippen LogP contribution in [0, 0.1) is 11.3 Å². The smallest absolute Gasteiger partial charge is 0.330 e. The van der Waals surface area contributed by atoms with Crippen molar-refractivity contribution in [3.8, 4) is 23.3 Å². The fourth-order valence-electron chi connectivity index (χ4n) is 2.19. The summed E-state index contributed by atoms with van der Waals surface area (Å²) in [5.74, 6) is 0.431. The van der Waals surface area contributed by atoms with Crippen LogP contribution in [0.4, 0.5) is 0 Å². The molecule has 0 amide bonds. The zero-order valence-electron chi connectivity index (χ0n) is 12.5. The predicted octanol–water partition coefficient (Wildman–Crippen LogP) is 1.27. The first kappa shape index (κ1) is 15.8. The number of fused-ring (bicyclic) bond motifs is 1. The topological polar surface area (TPSA) is 85.6 Å². The molecule has 2 aromatic carbocycles. The van der Waals surface area contributed by atoms with Crippen molar-refractivity contribution in [2.24, 2.45) is 0 Å². The summed E-state index contributed by atoms with van der Waals surface area (Å²) >= 11 is 0. The maximum absolute atomic E-state index is 11.1. The molecule has 0 N–H and O–H groups in total. The lowest BCUT2D eigenvalue weighted by atomic mass is 9.87. The first-order valence-electron chi connectivity index (χ1n) is 7.10. The molecule has 0 saturated heterocycles. The minimum Gasteiger partial charge on any atom is -0.481 e. The minimum absolute atomic E-state index is 0.186. The Balaban J connectivity index is 1.85. The molecule has 117 valence electrons. The number of benzene rings is 2. The highest BCUT2D eigenvalue weighted by Gasteiger charge is 2.15. The van der Waals surface area contributed by atoms with Crippen molar-refractivity contribution >= 4 is 25.0 Å². The van der Waals surface area contributed by atoms with Gasteiger partial charge in [0.1, 0.15) is 5.75 Å². The zero-order valence-corrected chi connectivity index (χ0v) is 12.5. The molecule has 24 heavy (non-hydrogen) atoms. The monoisotopic (exact) mass is 320 g/mol. The van der Waals surface area contributed by atoms with Crippen molar-refractivity contribution in [2.75, 3.05) is 6.61 Å². The van der Waals surface area contributed by atoms with E-state index in [-0.39, 0.29) is 12.0 Å². The van der Waals surface area contributed by atoms with E-state index in [0.29, 0.717) is 23.7 Å². The number of carbonyl (C=O) groups is 2. The predicted molar refractivity (Wildman–Crippen MR) is 84.4 cm³/mol. The molecule has 0 aliphatic carbocycles. The number of carbonyl (C=O) groups excluding carboxylic acids is 2. The molecule has 7 heteroatoms. The highest BCUT2D eigenvalue weighted by molar-refractivity contribution is 6.48. The van der Waals surface area contributed by atoms with E-state index in [4.69, 9.17) is 19.4 Å². The maximum Gasteiger partial charge on any atom is 0.330 e. The van der Waals surface area contributed by atoms with Crippen LogP contribution in [0.2, 0.25) is 0 Å². The quantitative estimate of drug-likeness (QED) is 0.453. The fraction of sp³-hybridized carbons (Fsp3) is 0.118. The third-order valence-electron chi connectivity index (χ3n) is 3.37. The van der Waals surface area contributed by atoms with Gasteiger partial charge in [0.25, 0.3) is 0 Å². The van der Waals surface area contributed by atoms with Crippen LogP contribution >= 0.6 is 0 Å². The number of nitriles is 1. The van der Waals surface area contributed by atoms with E-state index in [1.54, 1.807) is 25.7 Å². The van der Waals surface area contributed by atoms with Crippen molar-refractivity contribution in [3.63, 3.8) is 0 Å². The molecule has 0 fully saturated rings. The molecular formula is C17H11BNO5. The van der Waals surface area contributed by atoms with Gasteiger partial charge in [-0.15, -0.1) is 0 Å². The molecule has 1 aliphatic heterocycles. The highest BCUT2D eigenvalue weighted by atomic mass is 16.5. The third-order valence-corrected chi connectivity index (χ3v) is 3.37. The summed E-state index contributed by atoms with van der Waals surface area (Å²) in [5.41, 5.74) is 2.35. The summed E-state index contributed by atoms with van der Waals surface area (Å²) in [6.45, 7) is 0.0683. The Hall–Kier alpha value is -3.11. The van der Waals surface area contributed by atoms with E-state index in [2.05, 4.69) is 0 Å². The molecule has 1 heterocycles. The number of ether oxygens (including phenoxy) is 2. The number of hydrogen-bond donors (Lipinski definition) is 0. The van der Waals surface area contributed by atoms with Gasteiger partial charge in [0.05, 0.1) is 18.2 Å². The molecule has 6 nitrogen and oxygen atoms in total. The molecule has 0 unspecified atom stereocenters. The largest absolute Gasteiger partial charge is 0.481 e. The van der Waals surface area contributed by atoms with Gasteiger partial charge in [0.2, 0.25) is 5.78 Å². The second-order valence-electron chi connectivity index (χ2n) is 5.04. The minimum atomic E-state index is -0.700. The Morgan fingerprint density at radius 3 is 2.96 bits per heavy atom. The standard InChI is InChI=1S/C17H11BNO5/c19-7-11-1-4-16(17(5-11)22-10-13(21)8-20)24-14-2-3-15-12(6-14)9-23-18-15/h1-6,8H,9-10H2. The third kappa shape index (κ3) is 3.45. The van der Waals surface area contributed by atoms with Crippen molar-refractivity contribution < 1.29 is 23.7 Å². The SMILES string of the molecule is N#Cc1ccc(Oc2ccc3c(c2)CO[B]3)c(OCC(=O)C=O)c1. The lowest BCUT2D eigenvalue weighted by molar-refractivity contribution is -0.131. The average Bonchev–Trinajstić information content (AvgIpc) is 3.08. The maximum atomic E-state index is 11.1. The number of hydrogen-bond acceptors (Lipinski definition) is 6. The zero-order chi connectivity index (χ0) is 16.9. The van der Waals surface area contributed by atoms with E-state index < -0.39 is 12.4 Å². The molecule has 1 aliphatic rings. The summed E-state index contributed by atoms with van der Waals surface area (Å²) in [5, 5.41) is 8.99. The van der Waals surface area contributed by atoms with Gasteiger partial charge in [-0.05, 0) is 35.3 Å². The van der Waals surface area contributed by atoms with Crippen LogP contribution in [0.1, 0.15) is 11.1 Å². The normalized spacial score (nSPS) is 11.8. The summed E-state index contributed by atoms with van der Waals surface area (Å²) in [6, 6.07) is 12.1. The second-order valence-corrected chi connectivity index (χ2v) is 5.04. The number of Topliss-reactive ketones (excluding diaryl/α,β-unsaturated/α-hetero) is 1. The van der Waals surface area contributed by atoms with Gasteiger partial charge in [0.15, 0.2) is 24.4 Å². The van der Waals surface area contributed by atoms with Crippen LogP contribution in [-0.4, -0.2) is 26.2 Å². The van der Waals surface area contributed by atoms with Gasteiger partial charge in [0, 0.05) is 6.07 Å². The number of nitrogens with zero attached hydrogens (tertiary/aromatic N) is 1. The average molecular weight is 320 g/mol. The molecule has 0 atom stereocenters. The lowest BCUT2D eigenvalue weighted by Gasteiger charge is -2.12. The second kappa shape index (κ2) is 6.98. The van der Waals surface area contributed by atoms with Crippen LogP contribution < -0.4 is 14.9 Å². The van der Waals surface area contributed by atoms with Gasteiger partial charge in [-0.3, -0.25) is 9.59 Å². The van der Waals surface area contributed by atoms with Crippen molar-refractivity contribution in [3.05, 3.63) is 47.5 Å². The van der Waals surface area contributed by atoms with E-state index >= 15 is 0 Å². The molecule has 3 rings (SSSR count). The first-order chi connectivity index (χ1) is 11.7. The van der Waals surface area contributed by atoms with Gasteiger partial charge >= 0.3 is 7.48 Å². The lowest BCUT2D eigenvalue weighted by Crippen LogP contribution is -2.12. The Morgan fingerprint density at radius 1 is 1.29 bits per heavy atom. The molecular weight excluding hydrogens is 309 g/mol. The van der Waals surface area contributed by atoms with Gasteiger partial charge in [-0.1, -0.05) is 6.07 Å². The highest BCUT2D eigenvalue weighted by Crippen LogP contribution is 2.33. The Bertz CT molecular complexity index is 843. The molecule has 1 radical (unpaired) electrons. The summed E-state index contributed by atoms with van der Waals surface area (Å²) in [6.07, 6.45) is 0.186. The van der Waals surface area contributed by atoms with Crippen LogP contribution in [0.5, 0.6) is 17.2 Å². The number of rotatable bonds is 6. The summed E-state index contributed by atoms with van der Waals surface area (Å²) < 4.78 is 16.3. The van der Waals surface area contributed by atoms with Crippen LogP contribution in [0.25, 0.3) is 0 Å². The fourth-order valence-corrected chi connectivity index (χ4v) is 2.19. The summed E-state index contributed by atoms with van der Waals surface area (Å²) in [7, 11) is 1.68. The van der Waals surface area contributed by atoms with Crippen LogP contribution in [0.15, 0.2) is 36.4 Å². The van der Waals surface area contributed by atoms with Crippen LogP contribution in [0.3, 0.4) is 0 Å². The first-order valence-corrected chi connectivity index (χ1v) is 7.10. The Labute approximate surface area is 138 Å². The summed E-state index contributed by atoms with van der Waals surface area (Å²) in [4.78, 5) is 21.5. The van der Waals surface area contributed by atoms with Crippen molar-refractivity contribution in [1.29, 1.82) is 5.26 Å². The van der Waals surface area contributed by atoms with Gasteiger partial charge < -0.3 is 14.1 Å². The number of aldehydes is 1.